The molecule has 0 saturated carbocycles. The largest absolute Gasteiger partial charge is 0.157 e. The molecule has 1 aromatic carbocycles. The minimum Gasteiger partial charge on any atom is -0.157 e. The second kappa shape index (κ2) is 8.49. The molecule has 0 saturated heterocycles. The average Bonchev–Trinajstić information content (AvgIpc) is 2.25. The minimum atomic E-state index is 0.894. The fourth-order valence-electron chi connectivity index (χ4n) is 1.27. The van der Waals surface area contributed by atoms with Crippen molar-refractivity contribution >= 4 is 39.3 Å². The van der Waals surface area contributed by atoms with Crippen LogP contribution in [-0.2, 0) is 5.75 Å². The van der Waals surface area contributed by atoms with E-state index in [0.717, 1.165) is 16.1 Å². The molecule has 0 nitrogen and oxygen atoms in total. The first kappa shape index (κ1) is 13.4. The van der Waals surface area contributed by atoms with Gasteiger partial charge in [0.1, 0.15) is 0 Å². The molecule has 0 unspecified atom stereocenters. The molecule has 15 heavy (non-hydrogen) atoms. The first-order valence-electron chi connectivity index (χ1n) is 5.21. The Bertz CT molecular complexity index is 278. The van der Waals surface area contributed by atoms with E-state index in [1.807, 2.05) is 30.0 Å². The van der Waals surface area contributed by atoms with Gasteiger partial charge in [-0.3, -0.25) is 0 Å². The summed E-state index contributed by atoms with van der Waals surface area (Å²) in [5, 5.41) is 2.02. The molecule has 0 amide bonds. The van der Waals surface area contributed by atoms with Gasteiger partial charge >= 0.3 is 0 Å². The topological polar surface area (TPSA) is 0 Å². The number of alkyl halides is 1. The average molecular weight is 308 g/mol. The summed E-state index contributed by atoms with van der Waals surface area (Å²) in [6.07, 6.45) is 3.91. The third-order valence-electron chi connectivity index (χ3n) is 2.14. The van der Waals surface area contributed by atoms with Gasteiger partial charge in [-0.25, -0.2) is 0 Å². The van der Waals surface area contributed by atoms with E-state index in [1.54, 1.807) is 0 Å². The molecule has 0 aliphatic carbocycles. The van der Waals surface area contributed by atoms with Crippen LogP contribution < -0.4 is 0 Å². The number of hydrogen-bond donors (Lipinski definition) is 0. The highest BCUT2D eigenvalue weighted by atomic mass is 79.9. The van der Waals surface area contributed by atoms with Crippen LogP contribution >= 0.6 is 39.3 Å². The molecule has 1 rings (SSSR count). The number of benzene rings is 1. The fourth-order valence-corrected chi connectivity index (χ4v) is 2.98. The lowest BCUT2D eigenvalue weighted by atomic mass is 10.2. The maximum Gasteiger partial charge on any atom is 0.0446 e. The highest BCUT2D eigenvalue weighted by Gasteiger charge is 1.98. The minimum absolute atomic E-state index is 0.894. The zero-order chi connectivity index (χ0) is 10.9. The molecule has 0 atom stereocenters. The van der Waals surface area contributed by atoms with Crippen LogP contribution in [0.2, 0.25) is 5.02 Å². The molecule has 3 heteroatoms. The van der Waals surface area contributed by atoms with Crippen LogP contribution in [0.25, 0.3) is 0 Å². The van der Waals surface area contributed by atoms with Gasteiger partial charge in [0, 0.05) is 16.1 Å². The van der Waals surface area contributed by atoms with E-state index < -0.39 is 0 Å². The monoisotopic (exact) mass is 306 g/mol. The maximum atomic E-state index is 6.07. The Morgan fingerprint density at radius 3 is 2.67 bits per heavy atom. The van der Waals surface area contributed by atoms with E-state index in [0.29, 0.717) is 0 Å². The van der Waals surface area contributed by atoms with Crippen molar-refractivity contribution in [1.29, 1.82) is 0 Å². The normalized spacial score (nSPS) is 10.5. The Labute approximate surface area is 110 Å². The van der Waals surface area contributed by atoms with E-state index in [4.69, 9.17) is 11.6 Å². The third kappa shape index (κ3) is 5.84. The van der Waals surface area contributed by atoms with E-state index in [-0.39, 0.29) is 0 Å². The molecule has 0 fully saturated rings. The summed E-state index contributed by atoms with van der Waals surface area (Å²) in [4.78, 5) is 0. The Morgan fingerprint density at radius 1 is 1.13 bits per heavy atom. The van der Waals surface area contributed by atoms with Crippen molar-refractivity contribution in [3.8, 4) is 0 Å². The number of rotatable bonds is 7. The van der Waals surface area contributed by atoms with Gasteiger partial charge in [-0.2, -0.15) is 11.8 Å². The Hall–Kier alpha value is 0.340. The lowest BCUT2D eigenvalue weighted by Gasteiger charge is -2.03. The summed E-state index contributed by atoms with van der Waals surface area (Å²) in [6, 6.07) is 8.09. The summed E-state index contributed by atoms with van der Waals surface area (Å²) < 4.78 is 0. The number of halogens is 2. The molecule has 0 aromatic heterocycles. The van der Waals surface area contributed by atoms with Gasteiger partial charge in [0.25, 0.3) is 0 Å². The Kier molecular flexibility index (Phi) is 7.58. The van der Waals surface area contributed by atoms with E-state index in [9.17, 15) is 0 Å². The van der Waals surface area contributed by atoms with Crippen LogP contribution in [0.15, 0.2) is 24.3 Å². The number of thioether (sulfide) groups is 1. The van der Waals surface area contributed by atoms with Crippen molar-refractivity contribution < 1.29 is 0 Å². The Balaban J connectivity index is 2.12. The van der Waals surface area contributed by atoms with Gasteiger partial charge in [0.05, 0.1) is 0 Å². The molecule has 0 aliphatic rings. The summed E-state index contributed by atoms with van der Waals surface area (Å²) in [7, 11) is 0. The number of hydrogen-bond acceptors (Lipinski definition) is 1. The molecule has 0 heterocycles. The SMILES string of the molecule is Clc1ccccc1CSCCCCCBr. The second-order valence-corrected chi connectivity index (χ2v) is 5.70. The van der Waals surface area contributed by atoms with Crippen molar-refractivity contribution in [2.75, 3.05) is 11.1 Å². The van der Waals surface area contributed by atoms with Gasteiger partial charge < -0.3 is 0 Å². The molecular weight excluding hydrogens is 292 g/mol. The van der Waals surface area contributed by atoms with Gasteiger partial charge in [0.2, 0.25) is 0 Å². The summed E-state index contributed by atoms with van der Waals surface area (Å²) in [5.41, 5.74) is 1.25. The van der Waals surface area contributed by atoms with Crippen molar-refractivity contribution in [1.82, 2.24) is 0 Å². The molecular formula is C12H16BrClS. The van der Waals surface area contributed by atoms with Crippen molar-refractivity contribution in [2.24, 2.45) is 0 Å². The lowest BCUT2D eigenvalue weighted by molar-refractivity contribution is 0.788. The summed E-state index contributed by atoms with van der Waals surface area (Å²) in [5.74, 6) is 2.27. The third-order valence-corrected chi connectivity index (χ3v) is 4.16. The van der Waals surface area contributed by atoms with Crippen LogP contribution in [0.4, 0.5) is 0 Å². The first-order valence-corrected chi connectivity index (χ1v) is 7.87. The highest BCUT2D eigenvalue weighted by Crippen LogP contribution is 2.21. The lowest BCUT2D eigenvalue weighted by Crippen LogP contribution is -1.86. The van der Waals surface area contributed by atoms with Gasteiger partial charge in [-0.15, -0.1) is 0 Å². The fraction of sp³-hybridized carbons (Fsp3) is 0.500. The van der Waals surface area contributed by atoms with Crippen LogP contribution in [0.1, 0.15) is 24.8 Å². The molecule has 0 N–H and O–H groups in total. The van der Waals surface area contributed by atoms with Crippen LogP contribution in [0.3, 0.4) is 0 Å². The van der Waals surface area contributed by atoms with Crippen molar-refractivity contribution in [3.05, 3.63) is 34.9 Å². The van der Waals surface area contributed by atoms with E-state index >= 15 is 0 Å². The molecule has 0 bridgehead atoms. The quantitative estimate of drug-likeness (QED) is 0.496. The van der Waals surface area contributed by atoms with Gasteiger partial charge in [-0.1, -0.05) is 52.2 Å². The maximum absolute atomic E-state index is 6.07. The standard InChI is InChI=1S/C12H16BrClS/c13-8-4-1-5-9-15-10-11-6-2-3-7-12(11)14/h2-3,6-7H,1,4-5,8-10H2. The first-order chi connectivity index (χ1) is 7.34. The zero-order valence-electron chi connectivity index (χ0n) is 8.72. The van der Waals surface area contributed by atoms with E-state index in [2.05, 4.69) is 22.0 Å². The molecule has 0 spiro atoms. The second-order valence-electron chi connectivity index (χ2n) is 3.39. The molecule has 0 radical (unpaired) electrons. The Morgan fingerprint density at radius 2 is 1.93 bits per heavy atom. The van der Waals surface area contributed by atoms with Crippen molar-refractivity contribution in [2.45, 2.75) is 25.0 Å². The van der Waals surface area contributed by atoms with Crippen LogP contribution in [-0.4, -0.2) is 11.1 Å². The number of unbranched alkanes of at least 4 members (excludes halogenated alkanes) is 2. The van der Waals surface area contributed by atoms with Crippen LogP contribution in [0, 0.1) is 0 Å². The summed E-state index contributed by atoms with van der Waals surface area (Å²) >= 11 is 11.5. The predicted octanol–water partition coefficient (Wildman–Crippen LogP) is 5.14. The zero-order valence-corrected chi connectivity index (χ0v) is 11.9. The smallest absolute Gasteiger partial charge is 0.0446 e. The molecule has 1 aromatic rings. The van der Waals surface area contributed by atoms with E-state index in [1.165, 1.54) is 30.6 Å². The van der Waals surface area contributed by atoms with Crippen LogP contribution in [0.5, 0.6) is 0 Å². The van der Waals surface area contributed by atoms with Gasteiger partial charge in [0.15, 0.2) is 0 Å². The predicted molar refractivity (Wildman–Crippen MR) is 75.3 cm³/mol. The highest BCUT2D eigenvalue weighted by molar-refractivity contribution is 9.09. The summed E-state index contributed by atoms with van der Waals surface area (Å²) in [6.45, 7) is 0. The molecule has 84 valence electrons. The van der Waals surface area contributed by atoms with Crippen molar-refractivity contribution in [3.63, 3.8) is 0 Å². The van der Waals surface area contributed by atoms with Gasteiger partial charge in [-0.05, 0) is 30.2 Å². The molecule has 0 aliphatic heterocycles.